The Hall–Kier alpha value is -1.18. The third-order valence-electron chi connectivity index (χ3n) is 4.29. The van der Waals surface area contributed by atoms with Gasteiger partial charge >= 0.3 is 0 Å². The van der Waals surface area contributed by atoms with Crippen LogP contribution in [0.1, 0.15) is 25.7 Å². The van der Waals surface area contributed by atoms with Crippen molar-refractivity contribution in [1.29, 1.82) is 0 Å². The first kappa shape index (κ1) is 14.7. The normalized spacial score (nSPS) is 29.8. The fourth-order valence-electron chi connectivity index (χ4n) is 3.35. The van der Waals surface area contributed by atoms with Gasteiger partial charge in [0.2, 0.25) is 0 Å². The number of ether oxygens (including phenoxy) is 1. The van der Waals surface area contributed by atoms with Crippen molar-refractivity contribution in [2.75, 3.05) is 14.1 Å². The highest BCUT2D eigenvalue weighted by Gasteiger charge is 2.48. The molecule has 1 aromatic rings. The molecule has 116 valence electrons. The van der Waals surface area contributed by atoms with Gasteiger partial charge in [0.05, 0.1) is 6.20 Å². The molecule has 0 spiro atoms. The predicted octanol–water partition coefficient (Wildman–Crippen LogP) is 1.26. The Labute approximate surface area is 125 Å². The van der Waals surface area contributed by atoms with E-state index in [0.29, 0.717) is 0 Å². The number of piperidine rings is 1. The van der Waals surface area contributed by atoms with Crippen LogP contribution >= 0.6 is 0 Å². The van der Waals surface area contributed by atoms with E-state index < -0.39 is 10.2 Å². The quantitative estimate of drug-likeness (QED) is 0.840. The second kappa shape index (κ2) is 5.55. The van der Waals surface area contributed by atoms with Crippen LogP contribution in [0.5, 0.6) is 5.75 Å². The zero-order valence-electron chi connectivity index (χ0n) is 12.3. The summed E-state index contributed by atoms with van der Waals surface area (Å²) in [5.74, 6) is 0.755. The summed E-state index contributed by atoms with van der Waals surface area (Å²) >= 11 is 0. The van der Waals surface area contributed by atoms with Gasteiger partial charge in [-0.2, -0.15) is 17.0 Å². The zero-order chi connectivity index (χ0) is 15.0. The highest BCUT2D eigenvalue weighted by atomic mass is 32.2. The zero-order valence-corrected chi connectivity index (χ0v) is 13.2. The Bertz CT molecular complexity index is 577. The molecule has 2 aliphatic rings. The third kappa shape index (κ3) is 2.77. The minimum Gasteiger partial charge on any atom is -0.489 e. The molecular formula is C14H21N3O3S. The SMILES string of the molecule is CN(C)S(=O)(=O)N1C2CCC1CC(Oc1cccnc1)C2. The summed E-state index contributed by atoms with van der Waals surface area (Å²) in [5.41, 5.74) is 0. The molecular weight excluding hydrogens is 290 g/mol. The lowest BCUT2D eigenvalue weighted by molar-refractivity contribution is 0.0927. The molecule has 0 N–H and O–H groups in total. The molecule has 7 heteroatoms. The number of nitrogens with zero attached hydrogens (tertiary/aromatic N) is 3. The number of hydrogen-bond acceptors (Lipinski definition) is 4. The van der Waals surface area contributed by atoms with E-state index in [2.05, 4.69) is 4.98 Å². The first-order chi connectivity index (χ1) is 9.98. The van der Waals surface area contributed by atoms with E-state index in [0.717, 1.165) is 31.4 Å². The molecule has 2 bridgehead atoms. The van der Waals surface area contributed by atoms with Crippen molar-refractivity contribution < 1.29 is 13.2 Å². The molecule has 0 aliphatic carbocycles. The second-order valence-corrected chi connectivity index (χ2v) is 7.95. The van der Waals surface area contributed by atoms with Crippen LogP contribution in [0.2, 0.25) is 0 Å². The molecule has 6 nitrogen and oxygen atoms in total. The van der Waals surface area contributed by atoms with Crippen molar-refractivity contribution in [3.8, 4) is 5.75 Å². The summed E-state index contributed by atoms with van der Waals surface area (Å²) in [6.07, 6.45) is 6.82. The molecule has 0 aromatic carbocycles. The Morgan fingerprint density at radius 2 is 1.95 bits per heavy atom. The van der Waals surface area contributed by atoms with Crippen LogP contribution in [0, 0.1) is 0 Å². The van der Waals surface area contributed by atoms with Crippen LogP contribution in [0.25, 0.3) is 0 Å². The minimum atomic E-state index is -3.33. The second-order valence-electron chi connectivity index (χ2n) is 5.91. The van der Waals surface area contributed by atoms with Gasteiger partial charge in [-0.1, -0.05) is 0 Å². The molecule has 2 fully saturated rings. The summed E-state index contributed by atoms with van der Waals surface area (Å²) in [4.78, 5) is 4.04. The number of rotatable bonds is 4. The lowest BCUT2D eigenvalue weighted by Gasteiger charge is -2.38. The van der Waals surface area contributed by atoms with Gasteiger partial charge < -0.3 is 4.74 Å². The largest absolute Gasteiger partial charge is 0.489 e. The van der Waals surface area contributed by atoms with Crippen molar-refractivity contribution in [3.63, 3.8) is 0 Å². The topological polar surface area (TPSA) is 62.7 Å². The molecule has 0 amide bonds. The van der Waals surface area contributed by atoms with E-state index in [9.17, 15) is 8.42 Å². The molecule has 0 saturated carbocycles. The molecule has 3 heterocycles. The highest BCUT2D eigenvalue weighted by molar-refractivity contribution is 7.86. The molecule has 1 aromatic heterocycles. The van der Waals surface area contributed by atoms with Crippen molar-refractivity contribution in [1.82, 2.24) is 13.6 Å². The Morgan fingerprint density at radius 1 is 1.29 bits per heavy atom. The van der Waals surface area contributed by atoms with Crippen LogP contribution in [-0.4, -0.2) is 54.3 Å². The molecule has 2 unspecified atom stereocenters. The summed E-state index contributed by atoms with van der Waals surface area (Å²) in [6.45, 7) is 0. The lowest BCUT2D eigenvalue weighted by Crippen LogP contribution is -2.52. The first-order valence-electron chi connectivity index (χ1n) is 7.26. The standard InChI is InChI=1S/C14H21N3O3S/c1-16(2)21(18,19)17-11-5-6-12(17)9-14(8-11)20-13-4-3-7-15-10-13/h3-4,7,10-12,14H,5-6,8-9H2,1-2H3. The highest BCUT2D eigenvalue weighted by Crippen LogP contribution is 2.39. The van der Waals surface area contributed by atoms with Gasteiger partial charge in [-0.3, -0.25) is 4.98 Å². The van der Waals surface area contributed by atoms with E-state index >= 15 is 0 Å². The van der Waals surface area contributed by atoms with Gasteiger partial charge in [0, 0.05) is 45.2 Å². The van der Waals surface area contributed by atoms with Gasteiger partial charge in [-0.15, -0.1) is 0 Å². The van der Waals surface area contributed by atoms with Gasteiger partial charge in [-0.25, -0.2) is 0 Å². The number of fused-ring (bicyclic) bond motifs is 2. The number of pyridine rings is 1. The average molecular weight is 311 g/mol. The fourth-order valence-corrected chi connectivity index (χ4v) is 4.87. The Morgan fingerprint density at radius 3 is 2.48 bits per heavy atom. The molecule has 2 atom stereocenters. The van der Waals surface area contributed by atoms with E-state index in [1.807, 2.05) is 12.1 Å². The lowest BCUT2D eigenvalue weighted by atomic mass is 10.0. The summed E-state index contributed by atoms with van der Waals surface area (Å²) in [5, 5.41) is 0. The predicted molar refractivity (Wildman–Crippen MR) is 79.1 cm³/mol. The van der Waals surface area contributed by atoms with E-state index in [1.165, 1.54) is 4.31 Å². The van der Waals surface area contributed by atoms with E-state index in [-0.39, 0.29) is 18.2 Å². The fraction of sp³-hybridized carbons (Fsp3) is 0.643. The Balaban J connectivity index is 1.72. The maximum absolute atomic E-state index is 12.4. The van der Waals surface area contributed by atoms with Crippen molar-refractivity contribution in [3.05, 3.63) is 24.5 Å². The van der Waals surface area contributed by atoms with Crippen molar-refractivity contribution in [2.45, 2.75) is 43.9 Å². The van der Waals surface area contributed by atoms with Gasteiger partial charge in [-0.05, 0) is 25.0 Å². The summed E-state index contributed by atoms with van der Waals surface area (Å²) in [7, 11) is -0.153. The smallest absolute Gasteiger partial charge is 0.281 e. The molecule has 2 aliphatic heterocycles. The van der Waals surface area contributed by atoms with Gasteiger partial charge in [0.25, 0.3) is 10.2 Å². The molecule has 21 heavy (non-hydrogen) atoms. The van der Waals surface area contributed by atoms with Gasteiger partial charge in [0.1, 0.15) is 11.9 Å². The average Bonchev–Trinajstić information content (AvgIpc) is 2.73. The third-order valence-corrected chi connectivity index (χ3v) is 6.34. The van der Waals surface area contributed by atoms with E-state index in [1.54, 1.807) is 30.8 Å². The monoisotopic (exact) mass is 311 g/mol. The Kier molecular flexibility index (Phi) is 3.90. The summed E-state index contributed by atoms with van der Waals surface area (Å²) < 4.78 is 33.8. The number of aromatic nitrogens is 1. The maximum atomic E-state index is 12.4. The van der Waals surface area contributed by atoms with Gasteiger partial charge in [0.15, 0.2) is 0 Å². The minimum absolute atomic E-state index is 0.0535. The van der Waals surface area contributed by atoms with Crippen LogP contribution in [0.15, 0.2) is 24.5 Å². The van der Waals surface area contributed by atoms with Crippen LogP contribution in [0.4, 0.5) is 0 Å². The summed E-state index contributed by atoms with van der Waals surface area (Å²) in [6, 6.07) is 3.84. The van der Waals surface area contributed by atoms with Crippen LogP contribution < -0.4 is 4.74 Å². The van der Waals surface area contributed by atoms with Crippen LogP contribution in [-0.2, 0) is 10.2 Å². The first-order valence-corrected chi connectivity index (χ1v) is 8.66. The molecule has 3 rings (SSSR count). The molecule has 2 saturated heterocycles. The van der Waals surface area contributed by atoms with Crippen molar-refractivity contribution >= 4 is 10.2 Å². The molecule has 0 radical (unpaired) electrons. The maximum Gasteiger partial charge on any atom is 0.281 e. The van der Waals surface area contributed by atoms with Crippen molar-refractivity contribution in [2.24, 2.45) is 0 Å². The van der Waals surface area contributed by atoms with Crippen LogP contribution in [0.3, 0.4) is 0 Å². The van der Waals surface area contributed by atoms with E-state index in [4.69, 9.17) is 4.74 Å². The number of hydrogen-bond donors (Lipinski definition) is 0.